The number of rotatable bonds is 8. The van der Waals surface area contributed by atoms with E-state index < -0.39 is 30.5 Å². The number of benzene rings is 1. The fraction of sp³-hybridized carbons (Fsp3) is 0.516. The summed E-state index contributed by atoms with van der Waals surface area (Å²) in [5.74, 6) is 0.0235. The molecule has 1 aromatic carbocycles. The molecule has 43 heavy (non-hydrogen) atoms. The topological polar surface area (TPSA) is 124 Å². The molecule has 3 aliphatic rings. The van der Waals surface area contributed by atoms with Gasteiger partial charge in [0, 0.05) is 37.1 Å². The van der Waals surface area contributed by atoms with Crippen LogP contribution in [0, 0.1) is 5.92 Å². The first-order valence-corrected chi connectivity index (χ1v) is 14.7. The van der Waals surface area contributed by atoms with Crippen LogP contribution in [0.5, 0.6) is 5.88 Å². The Morgan fingerprint density at radius 2 is 1.79 bits per heavy atom. The third-order valence-corrected chi connectivity index (χ3v) is 8.71. The highest BCUT2D eigenvalue weighted by molar-refractivity contribution is 6.62. The third kappa shape index (κ3) is 6.45. The van der Waals surface area contributed by atoms with Crippen LogP contribution in [0.2, 0.25) is 0 Å². The average molecular weight is 590 g/mol. The molecule has 0 spiro atoms. The number of nitrogens with zero attached hydrogens (tertiary/aromatic N) is 4. The van der Waals surface area contributed by atoms with Gasteiger partial charge < -0.3 is 29.0 Å². The summed E-state index contributed by atoms with van der Waals surface area (Å²) in [5, 5.41) is 2.70. The van der Waals surface area contributed by atoms with E-state index in [9.17, 15) is 9.59 Å². The van der Waals surface area contributed by atoms with Crippen molar-refractivity contribution in [2.45, 2.75) is 83.8 Å². The average Bonchev–Trinajstić information content (AvgIpc) is 3.67. The minimum Gasteiger partial charge on any atom is -0.471 e. The molecule has 0 radical (unpaired) electrons. The number of amides is 2. The number of ether oxygens (including phenoxy) is 2. The Morgan fingerprint density at radius 3 is 2.40 bits per heavy atom. The monoisotopic (exact) mass is 589 g/mol. The molecule has 4 heterocycles. The number of carbonyl (C=O) groups is 2. The first kappa shape index (κ1) is 30.7. The van der Waals surface area contributed by atoms with Gasteiger partial charge in [0.05, 0.1) is 37.1 Å². The van der Waals surface area contributed by atoms with E-state index in [0.29, 0.717) is 25.3 Å². The predicted octanol–water partition coefficient (Wildman–Crippen LogP) is 3.39. The van der Waals surface area contributed by atoms with Crippen LogP contribution in [0.3, 0.4) is 0 Å². The normalized spacial score (nSPS) is 23.2. The highest BCUT2D eigenvalue weighted by Gasteiger charge is 2.51. The Labute approximate surface area is 253 Å². The Kier molecular flexibility index (Phi) is 8.62. The molecule has 0 unspecified atom stereocenters. The molecule has 0 saturated carbocycles. The van der Waals surface area contributed by atoms with Gasteiger partial charge in [-0.25, -0.2) is 9.78 Å². The fourth-order valence-corrected chi connectivity index (χ4v) is 5.50. The van der Waals surface area contributed by atoms with Crippen molar-refractivity contribution in [3.63, 3.8) is 0 Å². The first-order chi connectivity index (χ1) is 20.4. The molecule has 2 amide bonds. The first-order valence-electron chi connectivity index (χ1n) is 14.7. The second-order valence-electron chi connectivity index (χ2n) is 12.5. The van der Waals surface area contributed by atoms with E-state index in [-0.39, 0.29) is 24.0 Å². The Hall–Kier alpha value is -3.77. The lowest BCUT2D eigenvalue weighted by atomic mass is 9.78. The van der Waals surface area contributed by atoms with Crippen LogP contribution in [0.15, 0.2) is 54.0 Å². The van der Waals surface area contributed by atoms with Gasteiger partial charge in [0.1, 0.15) is 12.1 Å². The molecule has 2 fully saturated rings. The summed E-state index contributed by atoms with van der Waals surface area (Å²) in [4.78, 5) is 40.8. The van der Waals surface area contributed by atoms with Crippen molar-refractivity contribution < 1.29 is 28.4 Å². The summed E-state index contributed by atoms with van der Waals surface area (Å²) < 4.78 is 23.3. The zero-order valence-corrected chi connectivity index (χ0v) is 25.9. The lowest BCUT2D eigenvalue weighted by Gasteiger charge is -2.32. The van der Waals surface area contributed by atoms with Gasteiger partial charge in [0.15, 0.2) is 0 Å². The Balaban J connectivity index is 1.31. The van der Waals surface area contributed by atoms with Crippen molar-refractivity contribution in [2.75, 3.05) is 13.7 Å². The van der Waals surface area contributed by atoms with Crippen LogP contribution in [0.1, 0.15) is 59.9 Å². The van der Waals surface area contributed by atoms with Crippen LogP contribution < -0.4 is 15.5 Å². The van der Waals surface area contributed by atoms with Gasteiger partial charge in [-0.15, -0.1) is 0 Å². The van der Waals surface area contributed by atoms with Crippen LogP contribution in [0.4, 0.5) is 4.79 Å². The van der Waals surface area contributed by atoms with Gasteiger partial charge in [-0.2, -0.15) is 0 Å². The second kappa shape index (κ2) is 12.1. The largest absolute Gasteiger partial charge is 0.494 e. The maximum Gasteiger partial charge on any atom is 0.494 e. The van der Waals surface area contributed by atoms with Crippen LogP contribution >= 0.6 is 0 Å². The van der Waals surface area contributed by atoms with Crippen molar-refractivity contribution in [3.8, 4) is 5.88 Å². The van der Waals surface area contributed by atoms with Gasteiger partial charge in [-0.3, -0.25) is 14.8 Å². The smallest absolute Gasteiger partial charge is 0.471 e. The van der Waals surface area contributed by atoms with E-state index in [1.165, 1.54) is 7.11 Å². The van der Waals surface area contributed by atoms with E-state index in [4.69, 9.17) is 23.8 Å². The minimum absolute atomic E-state index is 0.158. The van der Waals surface area contributed by atoms with Crippen molar-refractivity contribution >= 4 is 35.9 Å². The molecule has 3 atom stereocenters. The van der Waals surface area contributed by atoms with Gasteiger partial charge in [-0.1, -0.05) is 38.1 Å². The molecular formula is C31H40BN5O6. The number of alkyl carbamates (subject to hydrolysis) is 1. The maximum absolute atomic E-state index is 13.9. The van der Waals surface area contributed by atoms with Crippen molar-refractivity contribution in [3.05, 3.63) is 54.6 Å². The molecule has 3 aliphatic heterocycles. The summed E-state index contributed by atoms with van der Waals surface area (Å²) in [7, 11) is 0.850. The van der Waals surface area contributed by atoms with Crippen LogP contribution in [-0.2, 0) is 18.8 Å². The van der Waals surface area contributed by atoms with Crippen LogP contribution in [-0.4, -0.2) is 82.7 Å². The zero-order valence-electron chi connectivity index (χ0n) is 25.9. The molecule has 1 aromatic heterocycles. The highest BCUT2D eigenvalue weighted by atomic mass is 16.7. The maximum atomic E-state index is 13.9. The van der Waals surface area contributed by atoms with Gasteiger partial charge in [0.25, 0.3) is 0 Å². The number of hydrogen-bond acceptors (Lipinski definition) is 9. The number of aromatic nitrogens is 2. The Bertz CT molecular complexity index is 1380. The molecule has 228 valence electrons. The van der Waals surface area contributed by atoms with Crippen molar-refractivity contribution in [2.24, 2.45) is 10.9 Å². The molecule has 1 N–H and O–H groups in total. The number of methoxy groups -OCH3 is 1. The Morgan fingerprint density at radius 1 is 1.09 bits per heavy atom. The quantitative estimate of drug-likeness (QED) is 0.465. The van der Waals surface area contributed by atoms with Crippen molar-refractivity contribution in [1.82, 2.24) is 20.2 Å². The number of carbonyl (C=O) groups excluding carboxylic acids is 2. The fourth-order valence-electron chi connectivity index (χ4n) is 5.50. The lowest BCUT2D eigenvalue weighted by Crippen LogP contribution is -2.53. The van der Waals surface area contributed by atoms with E-state index in [1.54, 1.807) is 23.5 Å². The third-order valence-electron chi connectivity index (χ3n) is 8.71. The van der Waals surface area contributed by atoms with E-state index in [1.807, 2.05) is 59.9 Å². The summed E-state index contributed by atoms with van der Waals surface area (Å²) in [6.45, 7) is 12.3. The molecule has 0 bridgehead atoms. The number of allylic oxidation sites excluding steroid dienone is 1. The predicted molar refractivity (Wildman–Crippen MR) is 163 cm³/mol. The van der Waals surface area contributed by atoms with Crippen molar-refractivity contribution in [1.29, 1.82) is 0 Å². The summed E-state index contributed by atoms with van der Waals surface area (Å²) >= 11 is 0. The summed E-state index contributed by atoms with van der Waals surface area (Å²) in [6.07, 6.45) is 6.71. The molecule has 12 heteroatoms. The SMILES string of the molecule is COC(=O)N[C@H](C(=O)N1C[C@@H](Oc2cnccn2)C[C@H]1C1=NC=C(c2ccc(B3OC(C)(C)C(C)(C)O3)cc2)C1)C(C)C. The molecule has 2 aromatic rings. The summed E-state index contributed by atoms with van der Waals surface area (Å²) in [6, 6.07) is 7.08. The van der Waals surface area contributed by atoms with E-state index >= 15 is 0 Å². The molecule has 2 saturated heterocycles. The van der Waals surface area contributed by atoms with Crippen LogP contribution in [0.25, 0.3) is 5.57 Å². The number of likely N-dealkylation sites (tertiary alicyclic amines) is 1. The minimum atomic E-state index is -0.762. The molecule has 5 rings (SSSR count). The number of hydrogen-bond donors (Lipinski definition) is 1. The number of aliphatic imine (C=N–C) groups is 1. The second-order valence-corrected chi connectivity index (χ2v) is 12.5. The molecule has 11 nitrogen and oxygen atoms in total. The highest BCUT2D eigenvalue weighted by Crippen LogP contribution is 2.37. The van der Waals surface area contributed by atoms with Gasteiger partial charge in [0.2, 0.25) is 11.8 Å². The van der Waals surface area contributed by atoms with E-state index in [0.717, 1.165) is 22.3 Å². The standard InChI is InChI=1S/C31H40BN5O6/c1-19(2)27(36-29(39)40-7)28(38)37-18-23(41-26-17-33-12-13-34-26)15-25(37)24-14-21(16-35-24)20-8-10-22(11-9-20)32-42-30(3,4)31(5,6)43-32/h8-13,16-17,19,23,25,27H,14-15,18H2,1-7H3,(H,36,39)/t23-,25-,27-/m0/s1. The lowest BCUT2D eigenvalue weighted by molar-refractivity contribution is -0.134. The summed E-state index contributed by atoms with van der Waals surface area (Å²) in [5.41, 5.74) is 3.09. The van der Waals surface area contributed by atoms with Gasteiger partial charge in [-0.05, 0) is 50.2 Å². The van der Waals surface area contributed by atoms with Gasteiger partial charge >= 0.3 is 13.2 Å². The molecular weight excluding hydrogens is 549 g/mol. The number of nitrogens with one attached hydrogen (secondary N) is 1. The van der Waals surface area contributed by atoms with E-state index in [2.05, 4.69) is 27.4 Å². The molecule has 0 aliphatic carbocycles. The zero-order chi connectivity index (χ0) is 30.9.